The second-order valence-electron chi connectivity index (χ2n) is 8.36. The molecule has 2 aromatic rings. The maximum Gasteiger partial charge on any atom is 0.336 e. The van der Waals surface area contributed by atoms with Crippen molar-refractivity contribution in [1.82, 2.24) is 5.32 Å². The van der Waals surface area contributed by atoms with Crippen LogP contribution in [0.1, 0.15) is 38.7 Å². The molecule has 1 heterocycles. The van der Waals surface area contributed by atoms with Gasteiger partial charge in [-0.05, 0) is 42.5 Å². The molecule has 0 saturated carbocycles. The van der Waals surface area contributed by atoms with E-state index in [-0.39, 0.29) is 18.3 Å². The van der Waals surface area contributed by atoms with Gasteiger partial charge in [0.1, 0.15) is 5.92 Å². The highest BCUT2D eigenvalue weighted by Gasteiger charge is 2.47. The summed E-state index contributed by atoms with van der Waals surface area (Å²) in [5.41, 5.74) is 3.07. The lowest BCUT2D eigenvalue weighted by Crippen LogP contribution is -2.43. The molecule has 0 radical (unpaired) electrons. The van der Waals surface area contributed by atoms with Crippen LogP contribution >= 0.6 is 0 Å². The molecule has 0 amide bonds. The van der Waals surface area contributed by atoms with Gasteiger partial charge in [0, 0.05) is 22.9 Å². The molecule has 4 rings (SSSR count). The number of methoxy groups -OCH3 is 1. The Morgan fingerprint density at radius 2 is 1.84 bits per heavy atom. The topological polar surface area (TPSA) is 81.7 Å². The van der Waals surface area contributed by atoms with Gasteiger partial charge >= 0.3 is 11.9 Å². The van der Waals surface area contributed by atoms with Crippen LogP contribution in [-0.2, 0) is 23.9 Å². The Kier molecular flexibility index (Phi) is 5.87. The van der Waals surface area contributed by atoms with Gasteiger partial charge in [-0.1, -0.05) is 49.4 Å². The van der Waals surface area contributed by atoms with Crippen LogP contribution in [-0.4, -0.2) is 31.4 Å². The lowest BCUT2D eigenvalue weighted by atomic mass is 9.69. The van der Waals surface area contributed by atoms with Crippen molar-refractivity contribution in [2.45, 2.75) is 33.1 Å². The number of dihydropyridines is 1. The number of rotatable bonds is 4. The van der Waals surface area contributed by atoms with Crippen molar-refractivity contribution in [2.75, 3.05) is 13.7 Å². The third kappa shape index (κ3) is 3.60. The Bertz CT molecular complexity index is 1180. The molecule has 32 heavy (non-hydrogen) atoms. The van der Waals surface area contributed by atoms with Gasteiger partial charge in [0.05, 0.1) is 19.3 Å². The van der Waals surface area contributed by atoms with E-state index in [2.05, 4.69) is 5.32 Å². The monoisotopic (exact) mass is 433 g/mol. The Morgan fingerprint density at radius 1 is 1.12 bits per heavy atom. The van der Waals surface area contributed by atoms with Crippen LogP contribution in [0.3, 0.4) is 0 Å². The summed E-state index contributed by atoms with van der Waals surface area (Å²) in [6.45, 7) is 5.67. The number of ether oxygens (including phenoxy) is 2. The van der Waals surface area contributed by atoms with Crippen LogP contribution in [0.15, 0.2) is 65.0 Å². The molecule has 1 N–H and O–H groups in total. The standard InChI is InChI=1S/C26H27NO5/c1-5-32-26(30)21-15(3)27-19-12-14(2)20(25(29)31-4)24(28)23(19)22(21)18-11-10-16-8-6-7-9-17(16)13-18/h6-11,13-14,20,22,27H,5,12H2,1-4H3/t14-,20+,22-/m1/s1. The van der Waals surface area contributed by atoms with E-state index >= 15 is 0 Å². The van der Waals surface area contributed by atoms with Crippen LogP contribution in [0.5, 0.6) is 0 Å². The van der Waals surface area contributed by atoms with E-state index in [0.29, 0.717) is 23.3 Å². The van der Waals surface area contributed by atoms with Crippen LogP contribution < -0.4 is 5.32 Å². The minimum atomic E-state index is -0.898. The van der Waals surface area contributed by atoms with E-state index in [0.717, 1.165) is 22.0 Å². The SMILES string of the molecule is CCOC(=O)C1=C(C)NC2=C(C(=O)[C@@H](C(=O)OC)[C@H](C)C2)[C@@H]1c1ccc2ccccc2c1. The molecule has 0 aromatic heterocycles. The predicted octanol–water partition coefficient (Wildman–Crippen LogP) is 4.02. The predicted molar refractivity (Wildman–Crippen MR) is 120 cm³/mol. The molecule has 3 atom stereocenters. The first-order valence-electron chi connectivity index (χ1n) is 10.9. The molecular formula is C26H27NO5. The summed E-state index contributed by atoms with van der Waals surface area (Å²) >= 11 is 0. The number of hydrogen-bond donors (Lipinski definition) is 1. The molecule has 6 heteroatoms. The van der Waals surface area contributed by atoms with Gasteiger partial charge in [-0.2, -0.15) is 0 Å². The molecule has 6 nitrogen and oxygen atoms in total. The van der Waals surface area contributed by atoms with Gasteiger partial charge in [0.2, 0.25) is 0 Å². The minimum absolute atomic E-state index is 0.213. The number of carbonyl (C=O) groups excluding carboxylic acids is 3. The molecule has 166 valence electrons. The smallest absolute Gasteiger partial charge is 0.336 e. The maximum atomic E-state index is 13.7. The molecule has 0 bridgehead atoms. The van der Waals surface area contributed by atoms with E-state index in [1.165, 1.54) is 7.11 Å². The van der Waals surface area contributed by atoms with Gasteiger partial charge in [0.25, 0.3) is 0 Å². The van der Waals surface area contributed by atoms with Crippen molar-refractivity contribution in [1.29, 1.82) is 0 Å². The molecule has 1 aliphatic heterocycles. The number of Topliss-reactive ketones (excluding diaryl/α,β-unsaturated/α-hetero) is 1. The van der Waals surface area contributed by atoms with Gasteiger partial charge < -0.3 is 14.8 Å². The summed E-state index contributed by atoms with van der Waals surface area (Å²) in [4.78, 5) is 39.2. The van der Waals surface area contributed by atoms with Crippen molar-refractivity contribution >= 4 is 28.5 Å². The first-order valence-corrected chi connectivity index (χ1v) is 10.9. The number of allylic oxidation sites excluding steroid dienone is 3. The van der Waals surface area contributed by atoms with Gasteiger partial charge in [-0.3, -0.25) is 9.59 Å². The number of esters is 2. The molecule has 2 aliphatic rings. The van der Waals surface area contributed by atoms with E-state index in [4.69, 9.17) is 9.47 Å². The Labute approximate surface area is 187 Å². The summed E-state index contributed by atoms with van der Waals surface area (Å²) in [5.74, 6) is -3.05. The van der Waals surface area contributed by atoms with Crippen molar-refractivity contribution in [3.63, 3.8) is 0 Å². The fourth-order valence-electron chi connectivity index (χ4n) is 4.88. The number of nitrogens with one attached hydrogen (secondary N) is 1. The van der Waals surface area contributed by atoms with E-state index < -0.39 is 23.8 Å². The van der Waals surface area contributed by atoms with E-state index in [9.17, 15) is 14.4 Å². The van der Waals surface area contributed by atoms with Crippen molar-refractivity contribution < 1.29 is 23.9 Å². The number of ketones is 1. The fraction of sp³-hybridized carbons (Fsp3) is 0.346. The molecule has 0 unspecified atom stereocenters. The molecule has 0 saturated heterocycles. The van der Waals surface area contributed by atoms with Gasteiger partial charge in [0.15, 0.2) is 5.78 Å². The lowest BCUT2D eigenvalue weighted by molar-refractivity contribution is -0.151. The zero-order chi connectivity index (χ0) is 23.0. The van der Waals surface area contributed by atoms with Crippen molar-refractivity contribution in [3.8, 4) is 0 Å². The van der Waals surface area contributed by atoms with Crippen LogP contribution in [0.25, 0.3) is 10.8 Å². The Morgan fingerprint density at radius 3 is 2.53 bits per heavy atom. The first-order chi connectivity index (χ1) is 15.4. The van der Waals surface area contributed by atoms with E-state index in [1.807, 2.05) is 56.3 Å². The number of hydrogen-bond acceptors (Lipinski definition) is 6. The molecule has 0 fully saturated rings. The zero-order valence-electron chi connectivity index (χ0n) is 18.7. The largest absolute Gasteiger partial charge is 0.468 e. The second-order valence-corrected chi connectivity index (χ2v) is 8.36. The normalized spacial score (nSPS) is 23.0. The molecule has 2 aromatic carbocycles. The van der Waals surface area contributed by atoms with Crippen LogP contribution in [0.2, 0.25) is 0 Å². The molecule has 0 spiro atoms. The van der Waals surface area contributed by atoms with Crippen molar-refractivity contribution in [3.05, 3.63) is 70.6 Å². The minimum Gasteiger partial charge on any atom is -0.468 e. The summed E-state index contributed by atoms with van der Waals surface area (Å²) in [7, 11) is 1.29. The number of carbonyl (C=O) groups is 3. The third-order valence-electron chi connectivity index (χ3n) is 6.35. The molecular weight excluding hydrogens is 406 g/mol. The summed E-state index contributed by atoms with van der Waals surface area (Å²) in [6, 6.07) is 13.9. The first kappa shape index (κ1) is 21.8. The van der Waals surface area contributed by atoms with Crippen molar-refractivity contribution in [2.24, 2.45) is 11.8 Å². The summed E-state index contributed by atoms with van der Waals surface area (Å²) in [5, 5.41) is 5.34. The maximum absolute atomic E-state index is 13.7. The number of benzene rings is 2. The lowest BCUT2D eigenvalue weighted by Gasteiger charge is -2.38. The highest BCUT2D eigenvalue weighted by molar-refractivity contribution is 6.12. The van der Waals surface area contributed by atoms with Gasteiger partial charge in [-0.15, -0.1) is 0 Å². The number of fused-ring (bicyclic) bond motifs is 1. The summed E-state index contributed by atoms with van der Waals surface area (Å²) in [6.07, 6.45) is 0.512. The fourth-order valence-corrected chi connectivity index (χ4v) is 4.88. The average Bonchev–Trinajstić information content (AvgIpc) is 2.77. The molecule has 1 aliphatic carbocycles. The Balaban J connectivity index is 1.92. The quantitative estimate of drug-likeness (QED) is 0.579. The van der Waals surface area contributed by atoms with Crippen LogP contribution in [0.4, 0.5) is 0 Å². The van der Waals surface area contributed by atoms with Crippen LogP contribution in [0, 0.1) is 11.8 Å². The van der Waals surface area contributed by atoms with E-state index in [1.54, 1.807) is 6.92 Å². The second kappa shape index (κ2) is 8.61. The highest BCUT2D eigenvalue weighted by atomic mass is 16.5. The van der Waals surface area contributed by atoms with Gasteiger partial charge in [-0.25, -0.2) is 4.79 Å². The average molecular weight is 434 g/mol. The Hall–Kier alpha value is -3.41. The summed E-state index contributed by atoms with van der Waals surface area (Å²) < 4.78 is 10.3. The highest BCUT2D eigenvalue weighted by Crippen LogP contribution is 2.45. The third-order valence-corrected chi connectivity index (χ3v) is 6.35. The zero-order valence-corrected chi connectivity index (χ0v) is 18.7.